The molecule has 3 rings (SSSR count). The Balaban J connectivity index is 1.72. The number of fused-ring (bicyclic) bond motifs is 1. The number of amides is 1. The third kappa shape index (κ3) is 3.39. The second kappa shape index (κ2) is 6.07. The van der Waals surface area contributed by atoms with Crippen LogP contribution < -0.4 is 10.6 Å². The third-order valence-electron chi connectivity index (χ3n) is 3.09. The van der Waals surface area contributed by atoms with Gasteiger partial charge in [-0.15, -0.1) is 11.8 Å². The Morgan fingerprint density at radius 1 is 1.29 bits per heavy atom. The van der Waals surface area contributed by atoms with Crippen LogP contribution in [0.15, 0.2) is 45.8 Å². The highest BCUT2D eigenvalue weighted by atomic mass is 79.9. The number of carbonyl (C=O) groups is 1. The molecule has 0 fully saturated rings. The van der Waals surface area contributed by atoms with Crippen LogP contribution in [-0.2, 0) is 11.3 Å². The van der Waals surface area contributed by atoms with Gasteiger partial charge in [-0.25, -0.2) is 4.39 Å². The number of nitrogens with one attached hydrogen (secondary N) is 2. The quantitative estimate of drug-likeness (QED) is 0.853. The molecule has 1 heterocycles. The number of halogens is 2. The smallest absolute Gasteiger partial charge is 0.234 e. The lowest BCUT2D eigenvalue weighted by atomic mass is 10.2. The van der Waals surface area contributed by atoms with Gasteiger partial charge in [0.2, 0.25) is 5.91 Å². The van der Waals surface area contributed by atoms with E-state index in [1.54, 1.807) is 6.07 Å². The lowest BCUT2D eigenvalue weighted by Gasteiger charge is -2.17. The average molecular weight is 367 g/mol. The second-order valence-electron chi connectivity index (χ2n) is 4.65. The van der Waals surface area contributed by atoms with Gasteiger partial charge in [-0.3, -0.25) is 4.79 Å². The summed E-state index contributed by atoms with van der Waals surface area (Å²) in [5.74, 6) is 0.195. The van der Waals surface area contributed by atoms with E-state index < -0.39 is 0 Å². The zero-order valence-electron chi connectivity index (χ0n) is 11.0. The summed E-state index contributed by atoms with van der Waals surface area (Å²) >= 11 is 4.66. The van der Waals surface area contributed by atoms with Crippen LogP contribution in [0, 0.1) is 5.82 Å². The number of thioether (sulfide) groups is 1. The van der Waals surface area contributed by atoms with E-state index in [9.17, 15) is 9.18 Å². The lowest BCUT2D eigenvalue weighted by Crippen LogP contribution is -2.18. The van der Waals surface area contributed by atoms with Gasteiger partial charge in [0.25, 0.3) is 0 Å². The summed E-state index contributed by atoms with van der Waals surface area (Å²) in [5.41, 5.74) is 2.56. The Bertz CT molecular complexity index is 708. The number of rotatable bonds is 3. The molecule has 2 N–H and O–H groups in total. The van der Waals surface area contributed by atoms with Crippen molar-refractivity contribution < 1.29 is 9.18 Å². The molecule has 0 unspecified atom stereocenters. The van der Waals surface area contributed by atoms with Crippen LogP contribution in [0.4, 0.5) is 15.8 Å². The Hall–Kier alpha value is -1.53. The van der Waals surface area contributed by atoms with Gasteiger partial charge in [-0.1, -0.05) is 6.07 Å². The van der Waals surface area contributed by atoms with Gasteiger partial charge in [0, 0.05) is 17.1 Å². The maximum atomic E-state index is 13.4. The zero-order valence-corrected chi connectivity index (χ0v) is 13.4. The van der Waals surface area contributed by atoms with Gasteiger partial charge in [0.15, 0.2) is 0 Å². The summed E-state index contributed by atoms with van der Waals surface area (Å²) < 4.78 is 13.9. The van der Waals surface area contributed by atoms with Gasteiger partial charge in [-0.05, 0) is 51.8 Å². The minimum atomic E-state index is -0.275. The van der Waals surface area contributed by atoms with Crippen LogP contribution in [0.2, 0.25) is 0 Å². The monoisotopic (exact) mass is 366 g/mol. The third-order valence-corrected chi connectivity index (χ3v) is 4.81. The first-order chi connectivity index (χ1) is 10.1. The molecule has 0 radical (unpaired) electrons. The molecule has 1 aliphatic rings. The van der Waals surface area contributed by atoms with Crippen molar-refractivity contribution in [2.24, 2.45) is 0 Å². The van der Waals surface area contributed by atoms with Crippen molar-refractivity contribution in [3.8, 4) is 0 Å². The van der Waals surface area contributed by atoms with E-state index in [1.807, 2.05) is 24.3 Å². The average Bonchev–Trinajstić information content (AvgIpc) is 2.48. The summed E-state index contributed by atoms with van der Waals surface area (Å²) in [6, 6.07) is 10.9. The highest BCUT2D eigenvalue weighted by Crippen LogP contribution is 2.33. The number of anilines is 2. The number of hydrogen-bond donors (Lipinski definition) is 2. The van der Waals surface area contributed by atoms with Crippen molar-refractivity contribution in [3.63, 3.8) is 0 Å². The largest absolute Gasteiger partial charge is 0.381 e. The van der Waals surface area contributed by atoms with Gasteiger partial charge < -0.3 is 10.6 Å². The molecule has 0 aliphatic carbocycles. The minimum absolute atomic E-state index is 0.0135. The van der Waals surface area contributed by atoms with Crippen LogP contribution in [0.25, 0.3) is 0 Å². The van der Waals surface area contributed by atoms with Crippen LogP contribution in [0.1, 0.15) is 5.56 Å². The Kier molecular flexibility index (Phi) is 4.17. The Labute approximate surface area is 134 Å². The van der Waals surface area contributed by atoms with Crippen LogP contribution >= 0.6 is 27.7 Å². The maximum Gasteiger partial charge on any atom is 0.234 e. The predicted octanol–water partition coefficient (Wildman–Crippen LogP) is 4.24. The first-order valence-corrected chi connectivity index (χ1v) is 8.14. The molecule has 1 aliphatic heterocycles. The molecule has 6 heteroatoms. The van der Waals surface area contributed by atoms with Gasteiger partial charge in [0.1, 0.15) is 5.82 Å². The zero-order chi connectivity index (χ0) is 14.8. The molecule has 0 spiro atoms. The Morgan fingerprint density at radius 3 is 2.95 bits per heavy atom. The van der Waals surface area contributed by atoms with Crippen molar-refractivity contribution in [2.45, 2.75) is 11.4 Å². The first-order valence-electron chi connectivity index (χ1n) is 6.36. The SMILES string of the molecule is O=C1CSc2ccc(NCc3ccc(Br)c(F)c3)cc2N1. The molecule has 108 valence electrons. The summed E-state index contributed by atoms with van der Waals surface area (Å²) in [5, 5.41) is 6.08. The number of benzene rings is 2. The lowest BCUT2D eigenvalue weighted by molar-refractivity contribution is -0.113. The van der Waals surface area contributed by atoms with E-state index in [-0.39, 0.29) is 11.7 Å². The summed E-state index contributed by atoms with van der Waals surface area (Å²) in [6.45, 7) is 0.518. The highest BCUT2D eigenvalue weighted by Gasteiger charge is 2.15. The van der Waals surface area contributed by atoms with E-state index in [1.165, 1.54) is 17.8 Å². The number of hydrogen-bond acceptors (Lipinski definition) is 3. The van der Waals surface area contributed by atoms with Crippen molar-refractivity contribution in [1.29, 1.82) is 0 Å². The van der Waals surface area contributed by atoms with E-state index in [2.05, 4.69) is 26.6 Å². The molecule has 0 atom stereocenters. The molecule has 2 aromatic rings. The molecular weight excluding hydrogens is 355 g/mol. The normalized spacial score (nSPS) is 13.5. The minimum Gasteiger partial charge on any atom is -0.381 e. The molecule has 3 nitrogen and oxygen atoms in total. The fourth-order valence-corrected chi connectivity index (χ4v) is 3.08. The Morgan fingerprint density at radius 2 is 2.14 bits per heavy atom. The van der Waals surface area contributed by atoms with Crippen LogP contribution in [-0.4, -0.2) is 11.7 Å². The van der Waals surface area contributed by atoms with Crippen molar-refractivity contribution in [2.75, 3.05) is 16.4 Å². The maximum absolute atomic E-state index is 13.4. The van der Waals surface area contributed by atoms with E-state index in [4.69, 9.17) is 0 Å². The summed E-state index contributed by atoms with van der Waals surface area (Å²) in [7, 11) is 0. The number of carbonyl (C=O) groups excluding carboxylic acids is 1. The van der Waals surface area contributed by atoms with E-state index >= 15 is 0 Å². The van der Waals surface area contributed by atoms with E-state index in [0.29, 0.717) is 16.8 Å². The van der Waals surface area contributed by atoms with Crippen LogP contribution in [0.3, 0.4) is 0 Å². The van der Waals surface area contributed by atoms with Crippen molar-refractivity contribution in [3.05, 3.63) is 52.3 Å². The molecule has 0 aromatic heterocycles. The fourth-order valence-electron chi connectivity index (χ4n) is 2.05. The fraction of sp³-hybridized carbons (Fsp3) is 0.133. The van der Waals surface area contributed by atoms with E-state index in [0.717, 1.165) is 21.8 Å². The molecule has 0 saturated heterocycles. The molecule has 0 saturated carbocycles. The van der Waals surface area contributed by atoms with Crippen LogP contribution in [0.5, 0.6) is 0 Å². The van der Waals surface area contributed by atoms with Gasteiger partial charge in [0.05, 0.1) is 15.9 Å². The summed E-state index contributed by atoms with van der Waals surface area (Å²) in [6.07, 6.45) is 0. The molecule has 21 heavy (non-hydrogen) atoms. The van der Waals surface area contributed by atoms with Crippen molar-refractivity contribution in [1.82, 2.24) is 0 Å². The molecule has 1 amide bonds. The topological polar surface area (TPSA) is 41.1 Å². The predicted molar refractivity (Wildman–Crippen MR) is 87.2 cm³/mol. The molecule has 2 aromatic carbocycles. The second-order valence-corrected chi connectivity index (χ2v) is 6.52. The van der Waals surface area contributed by atoms with Gasteiger partial charge in [-0.2, -0.15) is 0 Å². The van der Waals surface area contributed by atoms with Gasteiger partial charge >= 0.3 is 0 Å². The van der Waals surface area contributed by atoms with Crippen molar-refractivity contribution >= 4 is 45.0 Å². The summed E-state index contributed by atoms with van der Waals surface area (Å²) in [4.78, 5) is 12.5. The highest BCUT2D eigenvalue weighted by molar-refractivity contribution is 9.10. The molecular formula is C15H12BrFN2OS. The standard InChI is InChI=1S/C15H12BrFN2OS/c16-11-3-1-9(5-12(11)17)7-18-10-2-4-14-13(6-10)19-15(20)8-21-14/h1-6,18H,7-8H2,(H,19,20). The molecule has 0 bridgehead atoms. The first kappa shape index (κ1) is 14.4.